The molecule has 2 rings (SSSR count). The third kappa shape index (κ3) is 6.32. The van der Waals surface area contributed by atoms with Crippen LogP contribution in [0.15, 0.2) is 30.3 Å². The van der Waals surface area contributed by atoms with Crippen molar-refractivity contribution < 1.29 is 9.53 Å². The Bertz CT molecular complexity index is 528. The van der Waals surface area contributed by atoms with Gasteiger partial charge in [0.05, 0.1) is 12.6 Å². The molecule has 27 heavy (non-hydrogen) atoms. The van der Waals surface area contributed by atoms with E-state index in [1.54, 1.807) is 0 Å². The summed E-state index contributed by atoms with van der Waals surface area (Å²) in [6, 6.07) is 10.4. The third-order valence-corrected chi connectivity index (χ3v) is 5.35. The van der Waals surface area contributed by atoms with Crippen LogP contribution in [0.5, 0.6) is 0 Å². The molecule has 1 aromatic rings. The zero-order chi connectivity index (χ0) is 19.5. The van der Waals surface area contributed by atoms with Gasteiger partial charge >= 0.3 is 0 Å². The summed E-state index contributed by atoms with van der Waals surface area (Å²) < 4.78 is 5.87. The Labute approximate surface area is 165 Å². The van der Waals surface area contributed by atoms with Crippen molar-refractivity contribution in [3.8, 4) is 0 Å². The van der Waals surface area contributed by atoms with Gasteiger partial charge in [-0.1, -0.05) is 57.5 Å². The SMILES string of the molecule is CCCCOC[C@@H]1CCCN1C(=O)[C@H](c1ccccc1)N(CCC)CCC. The van der Waals surface area contributed by atoms with Crippen LogP contribution in [0.25, 0.3) is 0 Å². The quantitative estimate of drug-likeness (QED) is 0.499. The van der Waals surface area contributed by atoms with E-state index in [0.29, 0.717) is 6.61 Å². The smallest absolute Gasteiger partial charge is 0.244 e. The van der Waals surface area contributed by atoms with Gasteiger partial charge in [0, 0.05) is 13.2 Å². The van der Waals surface area contributed by atoms with E-state index < -0.39 is 0 Å². The fourth-order valence-corrected chi connectivity index (χ4v) is 4.01. The molecule has 1 fully saturated rings. The van der Waals surface area contributed by atoms with Crippen LogP contribution < -0.4 is 0 Å². The highest BCUT2D eigenvalue weighted by molar-refractivity contribution is 5.84. The van der Waals surface area contributed by atoms with Crippen LogP contribution in [0.2, 0.25) is 0 Å². The lowest BCUT2D eigenvalue weighted by Gasteiger charge is -2.35. The highest BCUT2D eigenvalue weighted by Gasteiger charge is 2.36. The van der Waals surface area contributed by atoms with Gasteiger partial charge in [0.15, 0.2) is 0 Å². The zero-order valence-electron chi connectivity index (χ0n) is 17.5. The van der Waals surface area contributed by atoms with Gasteiger partial charge in [-0.05, 0) is 50.8 Å². The Balaban J connectivity index is 2.16. The molecule has 152 valence electrons. The van der Waals surface area contributed by atoms with Gasteiger partial charge < -0.3 is 9.64 Å². The first-order valence-electron chi connectivity index (χ1n) is 10.9. The summed E-state index contributed by atoms with van der Waals surface area (Å²) in [5.74, 6) is 0.254. The molecular formula is C23H38N2O2. The molecule has 0 aliphatic carbocycles. The number of carbonyl (C=O) groups excluding carboxylic acids is 1. The maximum absolute atomic E-state index is 13.7. The summed E-state index contributed by atoms with van der Waals surface area (Å²) in [7, 11) is 0. The van der Waals surface area contributed by atoms with E-state index in [4.69, 9.17) is 4.74 Å². The molecule has 1 saturated heterocycles. The van der Waals surface area contributed by atoms with Crippen molar-refractivity contribution in [2.24, 2.45) is 0 Å². The predicted molar refractivity (Wildman–Crippen MR) is 112 cm³/mol. The molecule has 1 aromatic carbocycles. The van der Waals surface area contributed by atoms with Crippen molar-refractivity contribution in [3.63, 3.8) is 0 Å². The molecule has 0 N–H and O–H groups in total. The second kappa shape index (κ2) is 12.1. The van der Waals surface area contributed by atoms with Gasteiger partial charge in [0.2, 0.25) is 5.91 Å². The van der Waals surface area contributed by atoms with E-state index in [0.717, 1.165) is 70.3 Å². The lowest BCUT2D eigenvalue weighted by atomic mass is 10.0. The molecule has 4 heteroatoms. The predicted octanol–water partition coefficient (Wildman–Crippen LogP) is 4.66. The molecular weight excluding hydrogens is 336 g/mol. The molecule has 0 aromatic heterocycles. The molecule has 1 amide bonds. The number of carbonyl (C=O) groups is 1. The number of hydrogen-bond acceptors (Lipinski definition) is 3. The molecule has 0 saturated carbocycles. The summed E-state index contributed by atoms with van der Waals surface area (Å²) >= 11 is 0. The Kier molecular flexibility index (Phi) is 9.85. The molecule has 1 heterocycles. The zero-order valence-corrected chi connectivity index (χ0v) is 17.5. The van der Waals surface area contributed by atoms with E-state index >= 15 is 0 Å². The van der Waals surface area contributed by atoms with E-state index in [9.17, 15) is 4.79 Å². The van der Waals surface area contributed by atoms with Crippen LogP contribution >= 0.6 is 0 Å². The number of unbranched alkanes of at least 4 members (excludes halogenated alkanes) is 1. The summed E-state index contributed by atoms with van der Waals surface area (Å²) in [6.45, 7) is 10.8. The van der Waals surface area contributed by atoms with Crippen molar-refractivity contribution >= 4 is 5.91 Å². The van der Waals surface area contributed by atoms with E-state index in [1.165, 1.54) is 0 Å². The van der Waals surface area contributed by atoms with Crippen LogP contribution in [-0.4, -0.2) is 54.6 Å². The number of benzene rings is 1. The summed E-state index contributed by atoms with van der Waals surface area (Å²) in [4.78, 5) is 18.1. The standard InChI is InChI=1S/C23H38N2O2/c1-4-7-18-27-19-21-14-11-17-25(21)23(26)22(20-12-9-8-10-13-20)24(15-5-2)16-6-3/h8-10,12-13,21-22H,4-7,11,14-19H2,1-3H3/t21-,22-/m0/s1. The van der Waals surface area contributed by atoms with Crippen LogP contribution in [0.1, 0.15) is 70.9 Å². The van der Waals surface area contributed by atoms with Crippen molar-refractivity contribution in [1.82, 2.24) is 9.80 Å². The summed E-state index contributed by atoms with van der Waals surface area (Å²) in [5.41, 5.74) is 1.11. The highest BCUT2D eigenvalue weighted by atomic mass is 16.5. The molecule has 0 bridgehead atoms. The fourth-order valence-electron chi connectivity index (χ4n) is 4.01. The van der Waals surface area contributed by atoms with Crippen LogP contribution in [-0.2, 0) is 9.53 Å². The van der Waals surface area contributed by atoms with Crippen molar-refractivity contribution in [3.05, 3.63) is 35.9 Å². The van der Waals surface area contributed by atoms with Gasteiger partial charge in [-0.2, -0.15) is 0 Å². The van der Waals surface area contributed by atoms with Crippen molar-refractivity contribution in [1.29, 1.82) is 0 Å². The number of rotatable bonds is 12. The normalized spacial score (nSPS) is 18.2. The number of likely N-dealkylation sites (tertiary alicyclic amines) is 1. The lowest BCUT2D eigenvalue weighted by molar-refractivity contribution is -0.139. The minimum absolute atomic E-state index is 0.178. The molecule has 0 unspecified atom stereocenters. The monoisotopic (exact) mass is 374 g/mol. The largest absolute Gasteiger partial charge is 0.379 e. The fraction of sp³-hybridized carbons (Fsp3) is 0.696. The summed E-state index contributed by atoms with van der Waals surface area (Å²) in [6.07, 6.45) is 6.48. The third-order valence-electron chi connectivity index (χ3n) is 5.35. The van der Waals surface area contributed by atoms with E-state index in [1.807, 2.05) is 18.2 Å². The van der Waals surface area contributed by atoms with Gasteiger partial charge in [-0.25, -0.2) is 0 Å². The number of nitrogens with zero attached hydrogens (tertiary/aromatic N) is 2. The average Bonchev–Trinajstić information content (AvgIpc) is 3.15. The maximum Gasteiger partial charge on any atom is 0.244 e. The van der Waals surface area contributed by atoms with Crippen LogP contribution in [0, 0.1) is 0 Å². The minimum Gasteiger partial charge on any atom is -0.379 e. The molecule has 1 aliphatic heterocycles. The Morgan fingerprint density at radius 1 is 1.15 bits per heavy atom. The van der Waals surface area contributed by atoms with E-state index in [-0.39, 0.29) is 18.0 Å². The Morgan fingerprint density at radius 3 is 2.48 bits per heavy atom. The average molecular weight is 375 g/mol. The minimum atomic E-state index is -0.178. The summed E-state index contributed by atoms with van der Waals surface area (Å²) in [5, 5.41) is 0. The van der Waals surface area contributed by atoms with Crippen molar-refractivity contribution in [2.75, 3.05) is 32.8 Å². The first-order chi connectivity index (χ1) is 13.2. The molecule has 1 aliphatic rings. The molecule has 0 spiro atoms. The van der Waals surface area contributed by atoms with Crippen molar-refractivity contribution in [2.45, 2.75) is 71.4 Å². The van der Waals surface area contributed by atoms with Gasteiger partial charge in [-0.3, -0.25) is 9.69 Å². The van der Waals surface area contributed by atoms with E-state index in [2.05, 4.69) is 42.7 Å². The molecule has 4 nitrogen and oxygen atoms in total. The number of hydrogen-bond donors (Lipinski definition) is 0. The molecule has 0 radical (unpaired) electrons. The first-order valence-corrected chi connectivity index (χ1v) is 10.9. The van der Waals surface area contributed by atoms with Gasteiger partial charge in [0.1, 0.15) is 6.04 Å². The Hall–Kier alpha value is -1.39. The van der Waals surface area contributed by atoms with Gasteiger partial charge in [0.25, 0.3) is 0 Å². The number of amides is 1. The van der Waals surface area contributed by atoms with Gasteiger partial charge in [-0.15, -0.1) is 0 Å². The Morgan fingerprint density at radius 2 is 1.85 bits per heavy atom. The molecule has 2 atom stereocenters. The lowest BCUT2D eigenvalue weighted by Crippen LogP contribution is -2.46. The first kappa shape index (κ1) is 21.9. The van der Waals surface area contributed by atoms with Crippen LogP contribution in [0.3, 0.4) is 0 Å². The second-order valence-corrected chi connectivity index (χ2v) is 7.61. The topological polar surface area (TPSA) is 32.8 Å². The maximum atomic E-state index is 13.7. The van der Waals surface area contributed by atoms with Crippen LogP contribution in [0.4, 0.5) is 0 Å². The number of ether oxygens (including phenoxy) is 1. The highest BCUT2D eigenvalue weighted by Crippen LogP contribution is 2.28. The second-order valence-electron chi connectivity index (χ2n) is 7.61.